The number of nitrogens with zero attached hydrogens (tertiary/aromatic N) is 1. The third-order valence-corrected chi connectivity index (χ3v) is 4.37. The fraction of sp³-hybridized carbons (Fsp3) is 1.00. The summed E-state index contributed by atoms with van der Waals surface area (Å²) >= 11 is 0. The Hall–Kier alpha value is 0.160. The zero-order chi connectivity index (χ0) is 10.1. The molecule has 1 aliphatic rings. The fourth-order valence-electron chi connectivity index (χ4n) is 1.43. The van der Waals surface area contributed by atoms with Crippen molar-refractivity contribution in [3.05, 3.63) is 0 Å². The zero-order valence-electron chi connectivity index (χ0n) is 8.64. The third kappa shape index (κ3) is 3.38. The lowest BCUT2D eigenvalue weighted by atomic mass is 10.0. The second-order valence-corrected chi connectivity index (χ2v) is 6.10. The second kappa shape index (κ2) is 5.30. The summed E-state index contributed by atoms with van der Waals surface area (Å²) < 4.78 is 24.7. The van der Waals surface area contributed by atoms with Crippen molar-refractivity contribution < 1.29 is 8.42 Å². The van der Waals surface area contributed by atoms with Crippen molar-refractivity contribution in [3.63, 3.8) is 0 Å². The first-order valence-corrected chi connectivity index (χ1v) is 6.24. The minimum absolute atomic E-state index is 0. The Morgan fingerprint density at radius 1 is 1.43 bits per heavy atom. The molecule has 1 rings (SSSR count). The van der Waals surface area contributed by atoms with E-state index < -0.39 is 10.0 Å². The van der Waals surface area contributed by atoms with E-state index in [2.05, 4.69) is 0 Å². The number of halogens is 1. The Labute approximate surface area is 92.3 Å². The van der Waals surface area contributed by atoms with Crippen molar-refractivity contribution >= 4 is 22.4 Å². The van der Waals surface area contributed by atoms with Crippen molar-refractivity contribution in [2.75, 3.05) is 25.4 Å². The van der Waals surface area contributed by atoms with Crippen molar-refractivity contribution in [2.45, 2.75) is 13.8 Å². The summed E-state index contributed by atoms with van der Waals surface area (Å²) in [5, 5.41) is 0. The van der Waals surface area contributed by atoms with Crippen LogP contribution in [0.1, 0.15) is 13.8 Å². The number of hydrogen-bond acceptors (Lipinski definition) is 3. The van der Waals surface area contributed by atoms with Gasteiger partial charge >= 0.3 is 0 Å². The standard InChI is InChI=1S/C8H18N2O2S.ClH/c1-7(2)6-13(11,12)10-4-8(3-9)5-10;/h7-8H,3-6,9H2,1-2H3;1H. The van der Waals surface area contributed by atoms with Gasteiger partial charge in [-0.05, 0) is 18.4 Å². The number of nitrogens with two attached hydrogens (primary N) is 1. The Morgan fingerprint density at radius 2 is 1.93 bits per heavy atom. The molecule has 0 aliphatic carbocycles. The number of rotatable bonds is 4. The van der Waals surface area contributed by atoms with Gasteiger partial charge in [0.05, 0.1) is 5.75 Å². The Morgan fingerprint density at radius 3 is 2.29 bits per heavy atom. The summed E-state index contributed by atoms with van der Waals surface area (Å²) in [4.78, 5) is 0. The molecule has 0 aromatic carbocycles. The van der Waals surface area contributed by atoms with E-state index in [0.29, 0.717) is 25.6 Å². The molecular weight excluding hydrogens is 224 g/mol. The molecule has 1 heterocycles. The van der Waals surface area contributed by atoms with Gasteiger partial charge in [0.25, 0.3) is 0 Å². The first kappa shape index (κ1) is 14.2. The topological polar surface area (TPSA) is 63.4 Å². The molecule has 1 aliphatic heterocycles. The lowest BCUT2D eigenvalue weighted by Crippen LogP contribution is -2.53. The van der Waals surface area contributed by atoms with Crippen molar-refractivity contribution in [1.82, 2.24) is 4.31 Å². The molecule has 6 heteroatoms. The van der Waals surface area contributed by atoms with E-state index in [1.807, 2.05) is 13.8 Å². The van der Waals surface area contributed by atoms with Crippen LogP contribution in [0.25, 0.3) is 0 Å². The van der Waals surface area contributed by atoms with Crippen LogP contribution < -0.4 is 5.73 Å². The van der Waals surface area contributed by atoms with Crippen LogP contribution in [0.5, 0.6) is 0 Å². The van der Waals surface area contributed by atoms with Gasteiger partial charge in [0.2, 0.25) is 10.0 Å². The normalized spacial score (nSPS) is 19.1. The Balaban J connectivity index is 0.00000169. The van der Waals surface area contributed by atoms with Gasteiger partial charge in [-0.15, -0.1) is 12.4 Å². The average molecular weight is 243 g/mol. The molecule has 1 fully saturated rings. The van der Waals surface area contributed by atoms with E-state index in [0.717, 1.165) is 0 Å². The van der Waals surface area contributed by atoms with Gasteiger partial charge < -0.3 is 5.73 Å². The summed E-state index contributed by atoms with van der Waals surface area (Å²) in [6.45, 7) is 5.65. The summed E-state index contributed by atoms with van der Waals surface area (Å²) in [7, 11) is -2.99. The lowest BCUT2D eigenvalue weighted by Gasteiger charge is -2.37. The molecule has 2 N–H and O–H groups in total. The summed E-state index contributed by atoms with van der Waals surface area (Å²) in [5.41, 5.74) is 5.42. The minimum Gasteiger partial charge on any atom is -0.330 e. The first-order chi connectivity index (χ1) is 5.95. The summed E-state index contributed by atoms with van der Waals surface area (Å²) in [6.07, 6.45) is 0. The zero-order valence-corrected chi connectivity index (χ0v) is 10.3. The summed E-state index contributed by atoms with van der Waals surface area (Å²) in [5.74, 6) is 0.827. The van der Waals surface area contributed by atoms with Gasteiger partial charge in [-0.2, -0.15) is 0 Å². The van der Waals surface area contributed by atoms with Gasteiger partial charge in [0.1, 0.15) is 0 Å². The van der Waals surface area contributed by atoms with E-state index in [4.69, 9.17) is 5.73 Å². The average Bonchev–Trinajstić information content (AvgIpc) is 1.79. The quantitative estimate of drug-likeness (QED) is 0.771. The molecular formula is C8H19ClN2O2S. The van der Waals surface area contributed by atoms with Gasteiger partial charge in [0, 0.05) is 13.1 Å². The highest BCUT2D eigenvalue weighted by Crippen LogP contribution is 2.19. The van der Waals surface area contributed by atoms with Crippen LogP contribution in [-0.2, 0) is 10.0 Å². The maximum Gasteiger partial charge on any atom is 0.214 e. The maximum absolute atomic E-state index is 11.6. The molecule has 0 radical (unpaired) electrons. The molecule has 0 unspecified atom stereocenters. The van der Waals surface area contributed by atoms with Crippen molar-refractivity contribution in [3.8, 4) is 0 Å². The third-order valence-electron chi connectivity index (χ3n) is 2.19. The van der Waals surface area contributed by atoms with Gasteiger partial charge in [0.15, 0.2) is 0 Å². The smallest absolute Gasteiger partial charge is 0.214 e. The highest BCUT2D eigenvalue weighted by Gasteiger charge is 2.34. The highest BCUT2D eigenvalue weighted by atomic mass is 35.5. The molecule has 1 saturated heterocycles. The van der Waals surface area contributed by atoms with E-state index in [1.54, 1.807) is 0 Å². The van der Waals surface area contributed by atoms with Crippen LogP contribution in [0.15, 0.2) is 0 Å². The van der Waals surface area contributed by atoms with Gasteiger partial charge in [-0.3, -0.25) is 0 Å². The van der Waals surface area contributed by atoms with E-state index in [-0.39, 0.29) is 24.1 Å². The number of sulfonamides is 1. The Kier molecular flexibility index (Phi) is 5.36. The van der Waals surface area contributed by atoms with Gasteiger partial charge in [-0.1, -0.05) is 13.8 Å². The van der Waals surface area contributed by atoms with Crippen LogP contribution in [-0.4, -0.2) is 38.1 Å². The van der Waals surface area contributed by atoms with E-state index >= 15 is 0 Å². The molecule has 14 heavy (non-hydrogen) atoms. The summed E-state index contributed by atoms with van der Waals surface area (Å²) in [6, 6.07) is 0. The van der Waals surface area contributed by atoms with Crippen LogP contribution in [0, 0.1) is 11.8 Å². The molecule has 4 nitrogen and oxygen atoms in total. The van der Waals surface area contributed by atoms with Crippen molar-refractivity contribution in [2.24, 2.45) is 17.6 Å². The van der Waals surface area contributed by atoms with Crippen LogP contribution in [0.4, 0.5) is 0 Å². The SMILES string of the molecule is CC(C)CS(=O)(=O)N1CC(CN)C1.Cl. The first-order valence-electron chi connectivity index (χ1n) is 4.63. The van der Waals surface area contributed by atoms with E-state index in [1.165, 1.54) is 4.31 Å². The monoisotopic (exact) mass is 242 g/mol. The highest BCUT2D eigenvalue weighted by molar-refractivity contribution is 7.89. The molecule has 0 bridgehead atoms. The lowest BCUT2D eigenvalue weighted by molar-refractivity contribution is 0.206. The van der Waals surface area contributed by atoms with Crippen molar-refractivity contribution in [1.29, 1.82) is 0 Å². The largest absolute Gasteiger partial charge is 0.330 e. The molecule has 0 aromatic heterocycles. The molecule has 0 aromatic rings. The maximum atomic E-state index is 11.6. The second-order valence-electron chi connectivity index (χ2n) is 4.09. The molecule has 0 amide bonds. The molecule has 0 spiro atoms. The molecule has 0 saturated carbocycles. The number of hydrogen-bond donors (Lipinski definition) is 1. The van der Waals surface area contributed by atoms with Gasteiger partial charge in [-0.25, -0.2) is 12.7 Å². The van der Waals surface area contributed by atoms with Crippen LogP contribution in [0.3, 0.4) is 0 Å². The predicted octanol–water partition coefficient (Wildman–Crippen LogP) is 0.285. The molecule has 0 atom stereocenters. The van der Waals surface area contributed by atoms with Crippen LogP contribution >= 0.6 is 12.4 Å². The van der Waals surface area contributed by atoms with E-state index in [9.17, 15) is 8.42 Å². The minimum atomic E-state index is -2.99. The predicted molar refractivity (Wildman–Crippen MR) is 60.0 cm³/mol. The molecule has 86 valence electrons. The van der Waals surface area contributed by atoms with Crippen LogP contribution in [0.2, 0.25) is 0 Å². The Bertz CT molecular complexity index is 261. The fourth-order valence-corrected chi connectivity index (χ4v) is 3.35.